The van der Waals surface area contributed by atoms with Gasteiger partial charge >= 0.3 is 0 Å². The van der Waals surface area contributed by atoms with Crippen LogP contribution >= 0.6 is 0 Å². The number of ether oxygens (including phenoxy) is 1. The molecule has 7 nitrogen and oxygen atoms in total. The Bertz CT molecular complexity index is 868. The van der Waals surface area contributed by atoms with Gasteiger partial charge in [-0.05, 0) is 31.2 Å². The van der Waals surface area contributed by atoms with Crippen LogP contribution in [0.5, 0.6) is 5.75 Å². The number of nitrogens with zero attached hydrogens (tertiary/aromatic N) is 4. The minimum atomic E-state index is -0.132. The van der Waals surface area contributed by atoms with Gasteiger partial charge in [0.25, 0.3) is 5.91 Å². The van der Waals surface area contributed by atoms with Gasteiger partial charge in [-0.2, -0.15) is 10.2 Å². The Morgan fingerprint density at radius 1 is 1.32 bits per heavy atom. The zero-order valence-corrected chi connectivity index (χ0v) is 14.6. The molecule has 0 saturated heterocycles. The molecule has 1 aromatic carbocycles. The molecule has 7 heteroatoms. The van der Waals surface area contributed by atoms with Crippen molar-refractivity contribution < 1.29 is 9.53 Å². The third-order valence-electron chi connectivity index (χ3n) is 3.94. The summed E-state index contributed by atoms with van der Waals surface area (Å²) in [5.74, 6) is 0.615. The number of aromatic nitrogens is 4. The quantitative estimate of drug-likeness (QED) is 0.749. The first-order valence-corrected chi connectivity index (χ1v) is 8.08. The molecule has 0 atom stereocenters. The first kappa shape index (κ1) is 16.8. The number of rotatable bonds is 6. The van der Waals surface area contributed by atoms with Crippen LogP contribution in [0.1, 0.15) is 23.1 Å². The lowest BCUT2D eigenvalue weighted by Gasteiger charge is -2.14. The van der Waals surface area contributed by atoms with Crippen LogP contribution < -0.4 is 4.74 Å². The molecule has 0 fully saturated rings. The van der Waals surface area contributed by atoms with Crippen molar-refractivity contribution in [2.45, 2.75) is 20.0 Å². The Hall–Kier alpha value is -3.09. The van der Waals surface area contributed by atoms with Gasteiger partial charge in [0, 0.05) is 25.4 Å². The first-order valence-electron chi connectivity index (χ1n) is 8.08. The molecule has 3 aromatic rings. The molecule has 130 valence electrons. The average Bonchev–Trinajstić information content (AvgIpc) is 3.30. The van der Waals surface area contributed by atoms with Crippen LogP contribution in [-0.2, 0) is 13.1 Å². The monoisotopic (exact) mass is 339 g/mol. The Kier molecular flexibility index (Phi) is 4.83. The van der Waals surface area contributed by atoms with E-state index in [1.807, 2.05) is 48.1 Å². The second kappa shape index (κ2) is 7.21. The van der Waals surface area contributed by atoms with Gasteiger partial charge in [0.05, 0.1) is 25.0 Å². The summed E-state index contributed by atoms with van der Waals surface area (Å²) in [6.45, 7) is 3.28. The number of H-pyrrole nitrogens is 1. The molecule has 2 heterocycles. The van der Waals surface area contributed by atoms with Gasteiger partial charge in [-0.15, -0.1) is 0 Å². The molecular weight excluding hydrogens is 318 g/mol. The van der Waals surface area contributed by atoms with E-state index in [9.17, 15) is 4.79 Å². The zero-order valence-electron chi connectivity index (χ0n) is 14.6. The highest BCUT2D eigenvalue weighted by Crippen LogP contribution is 2.23. The molecule has 0 spiro atoms. The predicted octanol–water partition coefficient (Wildman–Crippen LogP) is 2.57. The maximum absolute atomic E-state index is 12.6. The molecule has 25 heavy (non-hydrogen) atoms. The Morgan fingerprint density at radius 3 is 2.88 bits per heavy atom. The molecule has 0 aliphatic heterocycles. The lowest BCUT2D eigenvalue weighted by Crippen LogP contribution is -2.26. The number of amides is 1. The largest absolute Gasteiger partial charge is 0.497 e. The highest BCUT2D eigenvalue weighted by atomic mass is 16.5. The van der Waals surface area contributed by atoms with Gasteiger partial charge in [-0.3, -0.25) is 14.6 Å². The van der Waals surface area contributed by atoms with Gasteiger partial charge < -0.3 is 9.64 Å². The molecule has 2 aromatic heterocycles. The molecule has 0 bridgehead atoms. The van der Waals surface area contributed by atoms with Crippen molar-refractivity contribution in [3.63, 3.8) is 0 Å². The van der Waals surface area contributed by atoms with Crippen LogP contribution in [0.3, 0.4) is 0 Å². The fourth-order valence-electron chi connectivity index (χ4n) is 2.55. The normalized spacial score (nSPS) is 10.7. The third kappa shape index (κ3) is 3.71. The lowest BCUT2D eigenvalue weighted by atomic mass is 10.1. The highest BCUT2D eigenvalue weighted by molar-refractivity contribution is 5.93. The van der Waals surface area contributed by atoms with E-state index in [0.717, 1.165) is 23.6 Å². The Labute approximate surface area is 146 Å². The number of carbonyl (C=O) groups excluding carboxylic acids is 1. The molecule has 0 aliphatic carbocycles. The second-order valence-corrected chi connectivity index (χ2v) is 5.72. The van der Waals surface area contributed by atoms with Crippen LogP contribution in [0, 0.1) is 0 Å². The fraction of sp³-hybridized carbons (Fsp3) is 0.278. The highest BCUT2D eigenvalue weighted by Gasteiger charge is 2.16. The number of hydrogen-bond donors (Lipinski definition) is 1. The first-order chi connectivity index (χ1) is 12.1. The van der Waals surface area contributed by atoms with Crippen molar-refractivity contribution in [2.24, 2.45) is 0 Å². The number of nitrogens with one attached hydrogen (secondary N) is 1. The molecule has 0 aliphatic rings. The van der Waals surface area contributed by atoms with E-state index in [1.165, 1.54) is 0 Å². The summed E-state index contributed by atoms with van der Waals surface area (Å²) >= 11 is 0. The SMILES string of the molecule is CCn1ccc(CN(C)C(=O)c2cc(-c3cccc(OC)c3)n[nH]2)n1. The molecule has 1 amide bonds. The van der Waals surface area contributed by atoms with Crippen molar-refractivity contribution in [2.75, 3.05) is 14.2 Å². The molecule has 1 N–H and O–H groups in total. The number of aromatic amines is 1. The second-order valence-electron chi connectivity index (χ2n) is 5.72. The Balaban J connectivity index is 1.73. The number of benzene rings is 1. The van der Waals surface area contributed by atoms with Gasteiger partial charge in [-0.1, -0.05) is 12.1 Å². The molecule has 0 saturated carbocycles. The van der Waals surface area contributed by atoms with E-state index in [4.69, 9.17) is 4.74 Å². The van der Waals surface area contributed by atoms with Gasteiger partial charge in [0.1, 0.15) is 11.4 Å². The summed E-state index contributed by atoms with van der Waals surface area (Å²) in [6, 6.07) is 11.2. The van der Waals surface area contributed by atoms with E-state index in [-0.39, 0.29) is 5.91 Å². The minimum absolute atomic E-state index is 0.132. The van der Waals surface area contributed by atoms with Gasteiger partial charge in [0.2, 0.25) is 0 Å². The van der Waals surface area contributed by atoms with Gasteiger partial charge in [0.15, 0.2) is 0 Å². The molecular formula is C18H21N5O2. The zero-order chi connectivity index (χ0) is 17.8. The molecule has 0 unspecified atom stereocenters. The standard InChI is InChI=1S/C18H21N5O2/c1-4-23-9-8-14(21-23)12-22(2)18(24)17-11-16(19-20-17)13-6-5-7-15(10-13)25-3/h5-11H,4,12H2,1-3H3,(H,19,20). The molecule has 0 radical (unpaired) electrons. The summed E-state index contributed by atoms with van der Waals surface area (Å²) in [5.41, 5.74) is 2.88. The maximum Gasteiger partial charge on any atom is 0.271 e. The predicted molar refractivity (Wildman–Crippen MR) is 94.3 cm³/mol. The van der Waals surface area contributed by atoms with Crippen LogP contribution in [0.4, 0.5) is 0 Å². The van der Waals surface area contributed by atoms with Crippen LogP contribution in [0.15, 0.2) is 42.6 Å². The van der Waals surface area contributed by atoms with Crippen molar-refractivity contribution >= 4 is 5.91 Å². The molecule has 3 rings (SSSR count). The maximum atomic E-state index is 12.6. The lowest BCUT2D eigenvalue weighted by molar-refractivity contribution is 0.0777. The summed E-state index contributed by atoms with van der Waals surface area (Å²) in [6.07, 6.45) is 1.91. The van der Waals surface area contributed by atoms with Crippen LogP contribution in [0.25, 0.3) is 11.3 Å². The van der Waals surface area contributed by atoms with Crippen molar-refractivity contribution in [3.8, 4) is 17.0 Å². The summed E-state index contributed by atoms with van der Waals surface area (Å²) in [5, 5.41) is 11.5. The number of aryl methyl sites for hydroxylation is 1. The number of hydrogen-bond acceptors (Lipinski definition) is 4. The Morgan fingerprint density at radius 2 is 2.16 bits per heavy atom. The topological polar surface area (TPSA) is 76.0 Å². The van der Waals surface area contributed by atoms with Gasteiger partial charge in [-0.25, -0.2) is 0 Å². The summed E-state index contributed by atoms with van der Waals surface area (Å²) in [7, 11) is 3.37. The summed E-state index contributed by atoms with van der Waals surface area (Å²) < 4.78 is 7.06. The third-order valence-corrected chi connectivity index (χ3v) is 3.94. The van der Waals surface area contributed by atoms with Crippen LogP contribution in [0.2, 0.25) is 0 Å². The van der Waals surface area contributed by atoms with Crippen LogP contribution in [-0.4, -0.2) is 44.9 Å². The van der Waals surface area contributed by atoms with Crippen molar-refractivity contribution in [3.05, 3.63) is 54.0 Å². The van der Waals surface area contributed by atoms with E-state index in [0.29, 0.717) is 17.9 Å². The number of methoxy groups -OCH3 is 1. The van der Waals surface area contributed by atoms with E-state index >= 15 is 0 Å². The minimum Gasteiger partial charge on any atom is -0.497 e. The average molecular weight is 339 g/mol. The van der Waals surface area contributed by atoms with E-state index < -0.39 is 0 Å². The fourth-order valence-corrected chi connectivity index (χ4v) is 2.55. The van der Waals surface area contributed by atoms with Crippen molar-refractivity contribution in [1.82, 2.24) is 24.9 Å². The summed E-state index contributed by atoms with van der Waals surface area (Å²) in [4.78, 5) is 14.2. The van der Waals surface area contributed by atoms with E-state index in [2.05, 4.69) is 15.3 Å². The smallest absolute Gasteiger partial charge is 0.271 e. The number of carbonyl (C=O) groups is 1. The van der Waals surface area contributed by atoms with Crippen molar-refractivity contribution in [1.29, 1.82) is 0 Å². The van der Waals surface area contributed by atoms with E-state index in [1.54, 1.807) is 25.1 Å².